The van der Waals surface area contributed by atoms with Crippen LogP contribution in [-0.4, -0.2) is 0 Å². The van der Waals surface area contributed by atoms with Crippen molar-refractivity contribution in [2.45, 2.75) is 54.3 Å². The third-order valence-corrected chi connectivity index (χ3v) is 1.12. The van der Waals surface area contributed by atoms with E-state index in [4.69, 9.17) is 8.22 Å². The molecule has 0 aliphatic heterocycles. The summed E-state index contributed by atoms with van der Waals surface area (Å²) in [4.78, 5) is 0. The van der Waals surface area contributed by atoms with Crippen molar-refractivity contribution in [2.75, 3.05) is 0 Å². The van der Waals surface area contributed by atoms with Crippen LogP contribution in [0.2, 0.25) is 0 Å². The number of rotatable bonds is 4. The zero-order valence-corrected chi connectivity index (χ0v) is 8.50. The second-order valence-corrected chi connectivity index (χ2v) is 3.88. The van der Waals surface area contributed by atoms with Crippen molar-refractivity contribution in [2.24, 2.45) is 17.2 Å². The van der Waals surface area contributed by atoms with Gasteiger partial charge in [0.15, 0.2) is 0 Å². The minimum absolute atomic E-state index is 1.43. The third kappa shape index (κ3) is 6.40. The fraction of sp³-hybridized carbons (Fsp3) is 1.00. The molecule has 0 aliphatic carbocycles. The Morgan fingerprint density at radius 2 is 1.36 bits per heavy atom. The van der Waals surface area contributed by atoms with Gasteiger partial charge in [-0.2, -0.15) is 0 Å². The molecule has 0 nitrogen and oxygen atoms in total. The van der Waals surface area contributed by atoms with Gasteiger partial charge < -0.3 is 0 Å². The predicted molar refractivity (Wildman–Crippen MR) is 52.7 cm³/mol. The normalized spacial score (nSPS) is 25.6. The molecule has 0 rings (SSSR count). The van der Waals surface area contributed by atoms with Crippen LogP contribution in [0.4, 0.5) is 0 Å². The molecule has 0 fully saturated rings. The van der Waals surface area contributed by atoms with Crippen molar-refractivity contribution in [1.29, 1.82) is 0 Å². The summed E-state index contributed by atoms with van der Waals surface area (Å²) >= 11 is 0. The molecule has 0 atom stereocenters. The van der Waals surface area contributed by atoms with E-state index < -0.39 is 29.9 Å². The summed E-state index contributed by atoms with van der Waals surface area (Å²) in [6.07, 6.45) is -4.11. The van der Waals surface area contributed by atoms with Crippen LogP contribution in [-0.2, 0) is 0 Å². The predicted octanol–water partition coefficient (Wildman–Crippen LogP) is 4.10. The highest BCUT2D eigenvalue weighted by Crippen LogP contribution is 2.31. The molecule has 0 N–H and O–H groups in total. The van der Waals surface area contributed by atoms with E-state index in [9.17, 15) is 0 Å². The molecule has 68 valence electrons. The van der Waals surface area contributed by atoms with Crippen LogP contribution in [0.1, 0.15) is 62.5 Å². The van der Waals surface area contributed by atoms with Crippen LogP contribution < -0.4 is 0 Å². The molecular weight excluding hydrogens is 132 g/mol. The third-order valence-electron chi connectivity index (χ3n) is 1.12. The van der Waals surface area contributed by atoms with Gasteiger partial charge in [0.25, 0.3) is 0 Å². The Morgan fingerprint density at radius 1 is 1.09 bits per heavy atom. The summed E-state index contributed by atoms with van der Waals surface area (Å²) in [7, 11) is 0. The highest BCUT2D eigenvalue weighted by molar-refractivity contribution is 4.71. The molecule has 0 aromatic carbocycles. The smallest absolute Gasteiger partial charge is 0.0297 e. The van der Waals surface area contributed by atoms with Gasteiger partial charge in [-0.05, 0) is 29.9 Å². The summed E-state index contributed by atoms with van der Waals surface area (Å²) in [5.74, 6) is -2.87. The van der Waals surface area contributed by atoms with Crippen LogP contribution in [0.15, 0.2) is 0 Å². The highest BCUT2D eigenvalue weighted by atomic mass is 14.3. The van der Waals surface area contributed by atoms with E-state index in [1.165, 1.54) is 41.5 Å². The first-order valence-electron chi connectivity index (χ1n) is 7.00. The average Bonchev–Trinajstić information content (AvgIpc) is 1.98. The standard InChI is InChI=1S/C11H24/c1-9(2)7-11(5,6)8-10(3)4/h9-10H,7-8H2,1-6H3/i7D2,8D2,9D,10D. The topological polar surface area (TPSA) is 0 Å². The first kappa shape index (κ1) is 4.30. The summed E-state index contributed by atoms with van der Waals surface area (Å²) < 4.78 is 48.0. The molecule has 0 saturated heterocycles. The first-order chi connectivity index (χ1) is 7.00. The van der Waals surface area contributed by atoms with E-state index in [0.29, 0.717) is 0 Å². The largest absolute Gasteiger partial charge is 0.0628 e. The molecule has 0 amide bonds. The van der Waals surface area contributed by atoms with E-state index in [1.807, 2.05) is 0 Å². The minimum Gasteiger partial charge on any atom is -0.0628 e. The van der Waals surface area contributed by atoms with Crippen LogP contribution in [0.3, 0.4) is 0 Å². The van der Waals surface area contributed by atoms with E-state index >= 15 is 0 Å². The maximum Gasteiger partial charge on any atom is 0.0297 e. The molecule has 0 aliphatic rings. The van der Waals surface area contributed by atoms with Crippen LogP contribution >= 0.6 is 0 Å². The first-order valence-corrected chi connectivity index (χ1v) is 4.00. The number of hydrogen-bond donors (Lipinski definition) is 0. The molecular formula is C11H24. The summed E-state index contributed by atoms with van der Waals surface area (Å²) in [5, 5.41) is 0. The minimum atomic E-state index is -2.05. The maximum atomic E-state index is 8.07. The quantitative estimate of drug-likeness (QED) is 0.583. The zero-order valence-electron chi connectivity index (χ0n) is 14.5. The molecule has 0 spiro atoms. The van der Waals surface area contributed by atoms with Crippen molar-refractivity contribution in [3.8, 4) is 0 Å². The Bertz CT molecular complexity index is 251. The van der Waals surface area contributed by atoms with Crippen molar-refractivity contribution in [3.05, 3.63) is 0 Å². The Morgan fingerprint density at radius 3 is 1.55 bits per heavy atom. The lowest BCUT2D eigenvalue weighted by Gasteiger charge is -2.28. The zero-order chi connectivity index (χ0) is 14.5. The van der Waals surface area contributed by atoms with Crippen molar-refractivity contribution in [1.82, 2.24) is 0 Å². The Hall–Kier alpha value is 0. The lowest BCUT2D eigenvalue weighted by atomic mass is 9.78. The Balaban J connectivity index is 5.73. The summed E-state index contributed by atoms with van der Waals surface area (Å²) in [6.45, 7) is 8.65. The molecule has 0 bridgehead atoms. The van der Waals surface area contributed by atoms with Crippen LogP contribution in [0.25, 0.3) is 0 Å². The molecule has 0 saturated carbocycles. The lowest BCUT2D eigenvalue weighted by Crippen LogP contribution is -2.16. The number of hydrogen-bond acceptors (Lipinski definition) is 0. The van der Waals surface area contributed by atoms with Gasteiger partial charge in [-0.1, -0.05) is 41.5 Å². The molecule has 0 unspecified atom stereocenters. The molecule has 0 heterocycles. The van der Waals surface area contributed by atoms with Gasteiger partial charge in [0.2, 0.25) is 0 Å². The van der Waals surface area contributed by atoms with Crippen molar-refractivity contribution in [3.63, 3.8) is 0 Å². The van der Waals surface area contributed by atoms with Gasteiger partial charge >= 0.3 is 0 Å². The molecule has 0 aromatic heterocycles. The summed E-state index contributed by atoms with van der Waals surface area (Å²) in [5.41, 5.74) is -1.45. The van der Waals surface area contributed by atoms with E-state index in [2.05, 4.69) is 0 Å². The van der Waals surface area contributed by atoms with E-state index in [0.717, 1.165) is 0 Å². The van der Waals surface area contributed by atoms with Gasteiger partial charge in [0.05, 0.1) is 0 Å². The fourth-order valence-corrected chi connectivity index (χ4v) is 1.28. The molecule has 0 radical (unpaired) electrons. The van der Waals surface area contributed by atoms with E-state index in [-0.39, 0.29) is 0 Å². The van der Waals surface area contributed by atoms with Crippen molar-refractivity contribution >= 4 is 0 Å². The maximum absolute atomic E-state index is 8.07. The average molecular weight is 162 g/mol. The lowest BCUT2D eigenvalue weighted by molar-refractivity contribution is 0.233. The van der Waals surface area contributed by atoms with Gasteiger partial charge in [0.1, 0.15) is 0 Å². The monoisotopic (exact) mass is 162 g/mol. The second kappa shape index (κ2) is 4.13. The van der Waals surface area contributed by atoms with E-state index in [1.54, 1.807) is 0 Å². The molecule has 11 heavy (non-hydrogen) atoms. The fourth-order valence-electron chi connectivity index (χ4n) is 1.28. The Kier molecular flexibility index (Phi) is 1.61. The molecule has 0 heteroatoms. The Labute approximate surface area is 80.8 Å². The van der Waals surface area contributed by atoms with Crippen LogP contribution in [0, 0.1) is 17.2 Å². The van der Waals surface area contributed by atoms with Gasteiger partial charge in [-0.3, -0.25) is 0 Å². The van der Waals surface area contributed by atoms with Gasteiger partial charge in [-0.15, -0.1) is 0 Å². The summed E-state index contributed by atoms with van der Waals surface area (Å²) in [6, 6.07) is 0. The van der Waals surface area contributed by atoms with Gasteiger partial charge in [-0.25, -0.2) is 0 Å². The molecule has 0 aromatic rings. The van der Waals surface area contributed by atoms with Gasteiger partial charge in [0, 0.05) is 8.22 Å². The van der Waals surface area contributed by atoms with Crippen LogP contribution in [0.5, 0.6) is 0 Å². The SMILES string of the molecule is [2H]C(C)(C)C([2H])([2H])C(C)(C)C([2H])([2H])C([2H])(C)C. The highest BCUT2D eigenvalue weighted by Gasteiger charge is 2.20. The second-order valence-electron chi connectivity index (χ2n) is 3.88. The van der Waals surface area contributed by atoms with Crippen molar-refractivity contribution < 1.29 is 8.22 Å².